The maximum absolute atomic E-state index is 12.3. The molecule has 140 valence electrons. The van der Waals surface area contributed by atoms with Crippen molar-refractivity contribution in [1.29, 1.82) is 0 Å². The van der Waals surface area contributed by atoms with Gasteiger partial charge in [-0.2, -0.15) is 4.98 Å². The number of aromatic nitrogens is 3. The van der Waals surface area contributed by atoms with E-state index in [4.69, 9.17) is 10.3 Å². The molecular formula is C19H20ClN5O2. The van der Waals surface area contributed by atoms with Crippen LogP contribution in [0.15, 0.2) is 53.3 Å². The van der Waals surface area contributed by atoms with E-state index in [1.807, 2.05) is 12.1 Å². The van der Waals surface area contributed by atoms with Crippen LogP contribution in [0.3, 0.4) is 0 Å². The summed E-state index contributed by atoms with van der Waals surface area (Å²) in [6.07, 6.45) is 7.04. The number of halogens is 1. The van der Waals surface area contributed by atoms with Crippen molar-refractivity contribution < 1.29 is 9.32 Å². The Balaban J connectivity index is 0.00000210. The number of rotatable bonds is 4. The Morgan fingerprint density at radius 3 is 2.74 bits per heavy atom. The van der Waals surface area contributed by atoms with Gasteiger partial charge in [0.2, 0.25) is 0 Å². The summed E-state index contributed by atoms with van der Waals surface area (Å²) in [6.45, 7) is 0. The summed E-state index contributed by atoms with van der Waals surface area (Å²) in [5.74, 6) is 0.720. The van der Waals surface area contributed by atoms with E-state index in [-0.39, 0.29) is 18.3 Å². The van der Waals surface area contributed by atoms with Crippen LogP contribution in [0.1, 0.15) is 41.9 Å². The van der Waals surface area contributed by atoms with Gasteiger partial charge in [0.05, 0.1) is 11.1 Å². The lowest BCUT2D eigenvalue weighted by Gasteiger charge is -2.17. The van der Waals surface area contributed by atoms with E-state index in [0.29, 0.717) is 23.0 Å². The first-order chi connectivity index (χ1) is 12.6. The van der Waals surface area contributed by atoms with Gasteiger partial charge in [-0.3, -0.25) is 9.78 Å². The second-order valence-electron chi connectivity index (χ2n) is 6.56. The third-order valence-corrected chi connectivity index (χ3v) is 4.66. The molecular weight excluding hydrogens is 366 g/mol. The van der Waals surface area contributed by atoms with Crippen molar-refractivity contribution in [2.45, 2.75) is 31.2 Å². The third kappa shape index (κ3) is 3.99. The molecule has 0 atom stereocenters. The Bertz CT molecular complexity index is 923. The molecule has 0 unspecified atom stereocenters. The number of nitrogens with one attached hydrogen (secondary N) is 1. The van der Waals surface area contributed by atoms with Crippen molar-refractivity contribution in [3.05, 3.63) is 60.2 Å². The fourth-order valence-electron chi connectivity index (χ4n) is 3.20. The van der Waals surface area contributed by atoms with Gasteiger partial charge < -0.3 is 15.6 Å². The van der Waals surface area contributed by atoms with Crippen LogP contribution < -0.4 is 11.1 Å². The lowest BCUT2D eigenvalue weighted by molar-refractivity contribution is 0.102. The van der Waals surface area contributed by atoms with E-state index in [0.717, 1.165) is 31.2 Å². The van der Waals surface area contributed by atoms with Crippen LogP contribution in [-0.2, 0) is 5.54 Å². The maximum atomic E-state index is 12.3. The normalized spacial score (nSPS) is 15.1. The lowest BCUT2D eigenvalue weighted by atomic mass is 9.99. The van der Waals surface area contributed by atoms with Crippen LogP contribution in [0.5, 0.6) is 0 Å². The highest BCUT2D eigenvalue weighted by Crippen LogP contribution is 2.35. The molecule has 0 bridgehead atoms. The smallest absolute Gasteiger partial charge is 0.258 e. The zero-order chi connectivity index (χ0) is 18.0. The van der Waals surface area contributed by atoms with Gasteiger partial charge in [0.15, 0.2) is 5.82 Å². The van der Waals surface area contributed by atoms with Crippen LogP contribution in [-0.4, -0.2) is 21.0 Å². The number of carbonyl (C=O) groups is 1. The molecule has 3 N–H and O–H groups in total. The van der Waals surface area contributed by atoms with E-state index < -0.39 is 5.54 Å². The minimum Gasteiger partial charge on any atom is -0.334 e. The van der Waals surface area contributed by atoms with E-state index in [1.165, 1.54) is 6.20 Å². The predicted molar refractivity (Wildman–Crippen MR) is 104 cm³/mol. The molecule has 2 heterocycles. The molecule has 7 nitrogen and oxygen atoms in total. The summed E-state index contributed by atoms with van der Waals surface area (Å²) in [5, 5.41) is 6.92. The highest BCUT2D eigenvalue weighted by molar-refractivity contribution is 6.04. The highest BCUT2D eigenvalue weighted by Gasteiger charge is 2.36. The third-order valence-electron chi connectivity index (χ3n) is 4.66. The van der Waals surface area contributed by atoms with Crippen LogP contribution in [0, 0.1) is 0 Å². The van der Waals surface area contributed by atoms with Crippen LogP contribution >= 0.6 is 12.4 Å². The second-order valence-corrected chi connectivity index (χ2v) is 6.56. The van der Waals surface area contributed by atoms with E-state index in [9.17, 15) is 4.79 Å². The Labute approximate surface area is 162 Å². The SMILES string of the molecule is Cl.NC1(c2noc(-c3cccc(NC(=O)c4cccnc4)c3)n2)CCCC1. The average molecular weight is 386 g/mol. The number of anilines is 1. The fourth-order valence-corrected chi connectivity index (χ4v) is 3.20. The van der Waals surface area contributed by atoms with E-state index in [2.05, 4.69) is 20.4 Å². The van der Waals surface area contributed by atoms with E-state index in [1.54, 1.807) is 30.5 Å². The standard InChI is InChI=1S/C19H19N5O2.ClH/c20-19(8-1-2-9-19)18-23-17(26-24-18)13-5-3-7-15(11-13)22-16(25)14-6-4-10-21-12-14;/h3-7,10-12H,1-2,8-9,20H2,(H,22,25);1H. The van der Waals surface area contributed by atoms with Crippen molar-refractivity contribution in [1.82, 2.24) is 15.1 Å². The summed E-state index contributed by atoms with van der Waals surface area (Å²) in [6, 6.07) is 10.7. The predicted octanol–water partition coefficient (Wildman–Crippen LogP) is 3.53. The van der Waals surface area contributed by atoms with Crippen molar-refractivity contribution in [3.8, 4) is 11.5 Å². The van der Waals surface area contributed by atoms with Crippen LogP contribution in [0.2, 0.25) is 0 Å². The van der Waals surface area contributed by atoms with Crippen LogP contribution in [0.25, 0.3) is 11.5 Å². The largest absolute Gasteiger partial charge is 0.334 e. The second kappa shape index (κ2) is 7.85. The molecule has 1 amide bonds. The summed E-state index contributed by atoms with van der Waals surface area (Å²) in [7, 11) is 0. The van der Waals surface area contributed by atoms with Gasteiger partial charge in [-0.25, -0.2) is 0 Å². The molecule has 3 aromatic rings. The Morgan fingerprint density at radius 1 is 1.19 bits per heavy atom. The van der Waals surface area contributed by atoms with Gasteiger partial charge in [0, 0.05) is 23.6 Å². The number of pyridine rings is 1. The zero-order valence-corrected chi connectivity index (χ0v) is 15.4. The van der Waals surface area contributed by atoms with Crippen molar-refractivity contribution in [3.63, 3.8) is 0 Å². The van der Waals surface area contributed by atoms with Gasteiger partial charge in [0.1, 0.15) is 0 Å². The fraction of sp³-hybridized carbons (Fsp3) is 0.263. The number of hydrogen-bond donors (Lipinski definition) is 2. The molecule has 1 aliphatic rings. The quantitative estimate of drug-likeness (QED) is 0.711. The summed E-state index contributed by atoms with van der Waals surface area (Å²) < 4.78 is 5.41. The van der Waals surface area contributed by atoms with Gasteiger partial charge in [-0.05, 0) is 43.2 Å². The molecule has 0 spiro atoms. The lowest BCUT2D eigenvalue weighted by Crippen LogP contribution is -2.34. The first-order valence-electron chi connectivity index (χ1n) is 8.59. The number of hydrogen-bond acceptors (Lipinski definition) is 6. The summed E-state index contributed by atoms with van der Waals surface area (Å²) in [5.41, 5.74) is 7.75. The highest BCUT2D eigenvalue weighted by atomic mass is 35.5. The molecule has 1 aromatic carbocycles. The Kier molecular flexibility index (Phi) is 5.53. The molecule has 0 aliphatic heterocycles. The van der Waals surface area contributed by atoms with Gasteiger partial charge in [-0.1, -0.05) is 24.1 Å². The minimum absolute atomic E-state index is 0. The summed E-state index contributed by atoms with van der Waals surface area (Å²) in [4.78, 5) is 20.7. The molecule has 0 radical (unpaired) electrons. The molecule has 1 saturated carbocycles. The van der Waals surface area contributed by atoms with Gasteiger partial charge in [-0.15, -0.1) is 12.4 Å². The van der Waals surface area contributed by atoms with Crippen LogP contribution in [0.4, 0.5) is 5.69 Å². The first kappa shape index (κ1) is 19.0. The van der Waals surface area contributed by atoms with E-state index >= 15 is 0 Å². The average Bonchev–Trinajstić information content (AvgIpc) is 3.33. The summed E-state index contributed by atoms with van der Waals surface area (Å²) >= 11 is 0. The maximum Gasteiger partial charge on any atom is 0.258 e. The molecule has 1 aliphatic carbocycles. The molecule has 27 heavy (non-hydrogen) atoms. The van der Waals surface area contributed by atoms with Gasteiger partial charge >= 0.3 is 0 Å². The van der Waals surface area contributed by atoms with Gasteiger partial charge in [0.25, 0.3) is 11.8 Å². The molecule has 1 fully saturated rings. The first-order valence-corrected chi connectivity index (χ1v) is 8.59. The molecule has 8 heteroatoms. The number of carbonyl (C=O) groups excluding carboxylic acids is 1. The van der Waals surface area contributed by atoms with Crippen molar-refractivity contribution >= 4 is 24.0 Å². The molecule has 0 saturated heterocycles. The van der Waals surface area contributed by atoms with Crippen molar-refractivity contribution in [2.24, 2.45) is 5.73 Å². The van der Waals surface area contributed by atoms with Crippen molar-refractivity contribution in [2.75, 3.05) is 5.32 Å². The molecule has 2 aromatic heterocycles. The number of nitrogens with two attached hydrogens (primary N) is 1. The molecule has 4 rings (SSSR count). The zero-order valence-electron chi connectivity index (χ0n) is 14.6. The number of benzene rings is 1. The Morgan fingerprint density at radius 2 is 2.00 bits per heavy atom. The number of nitrogens with zero attached hydrogens (tertiary/aromatic N) is 3. The monoisotopic (exact) mass is 385 g/mol. The Hall–Kier alpha value is -2.77. The minimum atomic E-state index is -0.492. The topological polar surface area (TPSA) is 107 Å². The number of amides is 1.